The van der Waals surface area contributed by atoms with E-state index in [2.05, 4.69) is 0 Å². The Morgan fingerprint density at radius 2 is 0.571 bits per heavy atom. The minimum Gasteiger partial charge on any atom is -0.394 e. The molecule has 0 saturated carbocycles. The molecule has 0 amide bonds. The fourth-order valence-electron chi connectivity index (χ4n) is 0. The molecule has 0 aromatic carbocycles. The molecule has 0 aliphatic carbocycles. The molecule has 0 atom stereocenters. The van der Waals surface area contributed by atoms with Gasteiger partial charge in [-0.25, -0.2) is 0 Å². The molecule has 0 rings (SSSR count). The average molecular weight is 287 g/mol. The number of hydrogen-bond acceptors (Lipinski definition) is 3. The quantitative estimate of drug-likeness (QED) is 0.593. The summed E-state index contributed by atoms with van der Waals surface area (Å²) in [6.07, 6.45) is -0.500. The molecule has 0 fully saturated rings. The summed E-state index contributed by atoms with van der Waals surface area (Å²) in [5, 5.41) is 24.2. The molecule has 0 saturated heterocycles. The molecule has 3 nitrogen and oxygen atoms in total. The number of aliphatic hydroxyl groups excluding tert-OH is 3. The van der Waals surface area contributed by atoms with E-state index in [-0.39, 0.29) is 51.9 Å². The summed E-state index contributed by atoms with van der Waals surface area (Å²) in [4.78, 5) is 0. The first-order valence-electron chi connectivity index (χ1n) is 4.24. The van der Waals surface area contributed by atoms with Crippen molar-refractivity contribution < 1.29 is 41.5 Å². The van der Waals surface area contributed by atoms with Crippen molar-refractivity contribution in [2.24, 2.45) is 0 Å². The Bertz CT molecular complexity index is 43.9. The molecule has 14 heavy (non-hydrogen) atoms. The second-order valence-electron chi connectivity index (χ2n) is 3.28. The zero-order valence-corrected chi connectivity index (χ0v) is 13.0. The van der Waals surface area contributed by atoms with E-state index in [0.29, 0.717) is 0 Å². The first kappa shape index (κ1) is 29.3. The Hall–Kier alpha value is 0.763. The summed E-state index contributed by atoms with van der Waals surface area (Å²) in [7, 11) is 0. The van der Waals surface area contributed by atoms with Crippen molar-refractivity contribution in [3.05, 3.63) is 7.43 Å². The van der Waals surface area contributed by atoms with Crippen LogP contribution in [0.2, 0.25) is 0 Å². The van der Waals surface area contributed by atoms with E-state index in [1.54, 1.807) is 41.5 Å². The van der Waals surface area contributed by atoms with E-state index in [4.69, 9.17) is 15.3 Å². The molecule has 0 aliphatic heterocycles. The van der Waals surface area contributed by atoms with Crippen molar-refractivity contribution in [2.75, 3.05) is 0 Å². The summed E-state index contributed by atoms with van der Waals surface area (Å²) in [5.74, 6) is 0. The molecule has 90 valence electrons. The fourth-order valence-corrected chi connectivity index (χ4v) is 0. The predicted molar refractivity (Wildman–Crippen MR) is 58.5 cm³/mol. The predicted octanol–water partition coefficient (Wildman–Crippen LogP) is 1.61. The summed E-state index contributed by atoms with van der Waals surface area (Å²) in [6, 6.07) is 0. The summed E-state index contributed by atoms with van der Waals surface area (Å²) in [6.45, 7) is 10.3. The fraction of sp³-hybridized carbons (Fsp3) is 0.900. The van der Waals surface area contributed by atoms with Gasteiger partial charge in [-0.05, 0) is 41.5 Å². The van der Waals surface area contributed by atoms with Crippen molar-refractivity contribution in [1.29, 1.82) is 0 Å². The Morgan fingerprint density at radius 3 is 0.571 bits per heavy atom. The van der Waals surface area contributed by atoms with Gasteiger partial charge in [0, 0.05) is 44.5 Å². The van der Waals surface area contributed by atoms with Crippen LogP contribution in [0, 0.1) is 7.43 Å². The standard InChI is InChI=1S/3C3H8O.CH3.Zr/c3*1-3(2)4;;/h3*3-4H,1-2H3;1H3;/q;;;-1;. The van der Waals surface area contributed by atoms with Crippen LogP contribution in [0.5, 0.6) is 0 Å². The average Bonchev–Trinajstić information content (AvgIpc) is 1.54. The van der Waals surface area contributed by atoms with E-state index in [1.807, 2.05) is 0 Å². The van der Waals surface area contributed by atoms with Crippen molar-refractivity contribution in [1.82, 2.24) is 0 Å². The Balaban J connectivity index is -0.0000000270. The molecule has 3 N–H and O–H groups in total. The van der Waals surface area contributed by atoms with Crippen LogP contribution in [0.25, 0.3) is 0 Å². The van der Waals surface area contributed by atoms with Gasteiger partial charge in [0.25, 0.3) is 0 Å². The van der Waals surface area contributed by atoms with Gasteiger partial charge in [0.2, 0.25) is 0 Å². The zero-order chi connectivity index (χ0) is 10.7. The molecular weight excluding hydrogens is 259 g/mol. The Kier molecular flexibility index (Phi) is 49.3. The molecule has 0 aromatic heterocycles. The molecule has 0 aliphatic rings. The van der Waals surface area contributed by atoms with Gasteiger partial charge in [0.1, 0.15) is 0 Å². The summed E-state index contributed by atoms with van der Waals surface area (Å²) in [5.41, 5.74) is 0. The number of aliphatic hydroxyl groups is 3. The second kappa shape index (κ2) is 23.5. The maximum absolute atomic E-state index is 8.06. The third kappa shape index (κ3) is 3030. The molecule has 0 aromatic rings. The molecule has 4 heteroatoms. The smallest absolute Gasteiger partial charge is 0.0483 e. The van der Waals surface area contributed by atoms with Gasteiger partial charge in [-0.1, -0.05) is 0 Å². The maximum Gasteiger partial charge on any atom is 0.0483 e. The Morgan fingerprint density at radius 1 is 0.571 bits per heavy atom. The molecule has 0 bridgehead atoms. The van der Waals surface area contributed by atoms with Crippen LogP contribution in [0.3, 0.4) is 0 Å². The zero-order valence-electron chi connectivity index (χ0n) is 10.6. The van der Waals surface area contributed by atoms with E-state index in [1.165, 1.54) is 0 Å². The van der Waals surface area contributed by atoms with Crippen LogP contribution >= 0.6 is 0 Å². The van der Waals surface area contributed by atoms with Crippen molar-refractivity contribution in [2.45, 2.75) is 59.9 Å². The molecular formula is C10H27O3Zr-. The van der Waals surface area contributed by atoms with E-state index in [0.717, 1.165) is 0 Å². The van der Waals surface area contributed by atoms with Crippen LogP contribution in [-0.4, -0.2) is 33.6 Å². The monoisotopic (exact) mass is 285 g/mol. The number of hydrogen-bond donors (Lipinski definition) is 3. The topological polar surface area (TPSA) is 60.7 Å². The van der Waals surface area contributed by atoms with Gasteiger partial charge in [-0.2, -0.15) is 0 Å². The normalized spacial score (nSPS) is 7.71. The van der Waals surface area contributed by atoms with Gasteiger partial charge in [0.05, 0.1) is 0 Å². The van der Waals surface area contributed by atoms with Crippen LogP contribution in [-0.2, 0) is 26.2 Å². The van der Waals surface area contributed by atoms with Crippen LogP contribution in [0.4, 0.5) is 0 Å². The van der Waals surface area contributed by atoms with Crippen LogP contribution < -0.4 is 0 Å². The minimum atomic E-state index is -0.167. The molecule has 0 spiro atoms. The summed E-state index contributed by atoms with van der Waals surface area (Å²) < 4.78 is 0. The first-order chi connectivity index (χ1) is 5.20. The van der Waals surface area contributed by atoms with Gasteiger partial charge in [0.15, 0.2) is 0 Å². The largest absolute Gasteiger partial charge is 0.394 e. The van der Waals surface area contributed by atoms with Gasteiger partial charge >= 0.3 is 0 Å². The van der Waals surface area contributed by atoms with Gasteiger partial charge < -0.3 is 22.7 Å². The van der Waals surface area contributed by atoms with Crippen LogP contribution in [0.1, 0.15) is 41.5 Å². The molecule has 0 unspecified atom stereocenters. The molecule has 0 radical (unpaired) electrons. The van der Waals surface area contributed by atoms with E-state index >= 15 is 0 Å². The van der Waals surface area contributed by atoms with Gasteiger partial charge in [-0.3, -0.25) is 0 Å². The van der Waals surface area contributed by atoms with Gasteiger partial charge in [-0.15, -0.1) is 0 Å². The maximum atomic E-state index is 8.06. The first-order valence-corrected chi connectivity index (χ1v) is 4.24. The third-order valence-electron chi connectivity index (χ3n) is 0. The molecule has 0 heterocycles. The Labute approximate surface area is 109 Å². The van der Waals surface area contributed by atoms with E-state index < -0.39 is 0 Å². The van der Waals surface area contributed by atoms with Crippen molar-refractivity contribution in [3.63, 3.8) is 0 Å². The number of rotatable bonds is 0. The van der Waals surface area contributed by atoms with Crippen molar-refractivity contribution in [3.8, 4) is 0 Å². The summed E-state index contributed by atoms with van der Waals surface area (Å²) >= 11 is 0. The third-order valence-corrected chi connectivity index (χ3v) is 0. The van der Waals surface area contributed by atoms with Crippen molar-refractivity contribution >= 4 is 0 Å². The van der Waals surface area contributed by atoms with Crippen LogP contribution in [0.15, 0.2) is 0 Å². The van der Waals surface area contributed by atoms with E-state index in [9.17, 15) is 0 Å². The second-order valence-corrected chi connectivity index (χ2v) is 3.28. The minimum absolute atomic E-state index is 0. The SMILES string of the molecule is CC(C)O.CC(C)O.CC(C)O.[CH3-].[Zr].